The second kappa shape index (κ2) is 11.3. The molecule has 0 N–H and O–H groups in total. The molecule has 0 amide bonds. The molecule has 0 saturated carbocycles. The molecule has 3 rings (SSSR count). The topological polar surface area (TPSA) is 27.7 Å². The van der Waals surface area contributed by atoms with Crippen molar-refractivity contribution in [3.63, 3.8) is 0 Å². The third kappa shape index (κ3) is 6.98. The van der Waals surface area contributed by atoms with Crippen LogP contribution in [0.4, 0.5) is 13.2 Å². The highest BCUT2D eigenvalue weighted by molar-refractivity contribution is 6.39. The van der Waals surface area contributed by atoms with Crippen LogP contribution in [0, 0.1) is 17.5 Å². The molecule has 0 aliphatic carbocycles. The maximum absolute atomic E-state index is 14.5. The summed E-state index contributed by atoms with van der Waals surface area (Å²) in [4.78, 5) is 0. The van der Waals surface area contributed by atoms with Crippen molar-refractivity contribution in [3.8, 4) is 17.2 Å². The van der Waals surface area contributed by atoms with E-state index in [2.05, 4.69) is 6.92 Å². The van der Waals surface area contributed by atoms with Crippen molar-refractivity contribution in [1.82, 2.24) is 0 Å². The highest BCUT2D eigenvalue weighted by Crippen LogP contribution is 2.26. The Morgan fingerprint density at radius 1 is 0.710 bits per heavy atom. The Bertz CT molecular complexity index is 936. The van der Waals surface area contributed by atoms with E-state index in [1.54, 1.807) is 6.07 Å². The molecule has 3 nitrogen and oxygen atoms in total. The van der Waals surface area contributed by atoms with E-state index in [9.17, 15) is 13.2 Å². The predicted molar refractivity (Wildman–Crippen MR) is 115 cm³/mol. The first-order valence-electron chi connectivity index (χ1n) is 10.3. The Hall–Kier alpha value is -3.09. The normalized spacial score (nSPS) is 10.6. The van der Waals surface area contributed by atoms with Crippen LogP contribution >= 0.6 is 0 Å². The molecule has 0 heterocycles. The van der Waals surface area contributed by atoms with E-state index in [0.717, 1.165) is 25.7 Å². The van der Waals surface area contributed by atoms with Gasteiger partial charge in [0.25, 0.3) is 0 Å². The first-order valence-corrected chi connectivity index (χ1v) is 10.3. The first-order chi connectivity index (χ1) is 15.0. The Labute approximate surface area is 180 Å². The van der Waals surface area contributed by atoms with Crippen molar-refractivity contribution in [2.24, 2.45) is 0 Å². The van der Waals surface area contributed by atoms with Gasteiger partial charge in [-0.25, -0.2) is 13.2 Å². The van der Waals surface area contributed by atoms with Crippen molar-refractivity contribution >= 4 is 7.32 Å². The predicted octanol–water partition coefficient (Wildman–Crippen LogP) is 6.75. The zero-order chi connectivity index (χ0) is 22.1. The molecule has 0 aliphatic heterocycles. The Balaban J connectivity index is 1.83. The van der Waals surface area contributed by atoms with E-state index >= 15 is 0 Å². The largest absolute Gasteiger partial charge is 0.864 e. The van der Waals surface area contributed by atoms with Crippen LogP contribution in [-0.4, -0.2) is 7.32 Å². The highest BCUT2D eigenvalue weighted by Gasteiger charge is 2.32. The monoisotopic (exact) mass is 428 g/mol. The van der Waals surface area contributed by atoms with Crippen molar-refractivity contribution in [2.45, 2.75) is 39.0 Å². The average Bonchev–Trinajstić information content (AvgIpc) is 2.73. The highest BCUT2D eigenvalue weighted by atomic mass is 19.1. The van der Waals surface area contributed by atoms with Crippen LogP contribution in [0.15, 0.2) is 66.7 Å². The van der Waals surface area contributed by atoms with Gasteiger partial charge in [-0.15, -0.1) is 0 Å². The fourth-order valence-corrected chi connectivity index (χ4v) is 3.10. The average molecular weight is 428 g/mol. The van der Waals surface area contributed by atoms with E-state index < -0.39 is 19.0 Å². The summed E-state index contributed by atoms with van der Waals surface area (Å²) < 4.78 is 58.8. The molecule has 0 fully saturated rings. The zero-order valence-corrected chi connectivity index (χ0v) is 17.3. The summed E-state index contributed by atoms with van der Waals surface area (Å²) in [5.41, 5.74) is 0.411. The van der Waals surface area contributed by atoms with E-state index in [1.165, 1.54) is 60.7 Å². The van der Waals surface area contributed by atoms with Crippen LogP contribution in [0.1, 0.15) is 38.2 Å². The first kappa shape index (κ1) is 22.6. The summed E-state index contributed by atoms with van der Waals surface area (Å²) in [6, 6.07) is 15.4. The van der Waals surface area contributed by atoms with E-state index in [0.29, 0.717) is 12.0 Å². The number of benzene rings is 3. The fourth-order valence-electron chi connectivity index (χ4n) is 3.10. The lowest BCUT2D eigenvalue weighted by Gasteiger charge is -2.19. The molecule has 0 saturated heterocycles. The standard InChI is InChI=1S/C24H24BF3O3/c1-2-3-4-5-13-22-23(28)14-8-15-24(22)31-25(29-20-11-6-9-18(26)16-20)30-21-12-7-10-19(27)17-21/h6-12,14-17H,2-5,13H2,1H3. The van der Waals surface area contributed by atoms with Gasteiger partial charge in [0.1, 0.15) is 34.7 Å². The SMILES string of the molecule is CCCCCCc1c(F)cccc1OB(Oc1cccc(F)c1)Oc1cccc(F)c1. The maximum Gasteiger partial charge on any atom is 0.864 e. The molecule has 0 bridgehead atoms. The second-order valence-corrected chi connectivity index (χ2v) is 7.08. The van der Waals surface area contributed by atoms with E-state index in [-0.39, 0.29) is 23.1 Å². The minimum absolute atomic E-state index is 0.155. The van der Waals surface area contributed by atoms with Gasteiger partial charge in [-0.05, 0) is 49.2 Å². The van der Waals surface area contributed by atoms with Crippen LogP contribution in [0.3, 0.4) is 0 Å². The molecule has 0 aliphatic rings. The van der Waals surface area contributed by atoms with Gasteiger partial charge >= 0.3 is 7.32 Å². The minimum atomic E-state index is -1.39. The van der Waals surface area contributed by atoms with Gasteiger partial charge in [-0.3, -0.25) is 0 Å². The number of hydrogen-bond donors (Lipinski definition) is 0. The van der Waals surface area contributed by atoms with Gasteiger partial charge < -0.3 is 14.0 Å². The lowest BCUT2D eigenvalue weighted by Crippen LogP contribution is -2.37. The molecule has 162 valence electrons. The van der Waals surface area contributed by atoms with Crippen molar-refractivity contribution in [1.29, 1.82) is 0 Å². The molecule has 0 unspecified atom stereocenters. The molecule has 0 spiro atoms. The summed E-state index contributed by atoms with van der Waals surface area (Å²) in [6.07, 6.45) is 4.43. The van der Waals surface area contributed by atoms with Crippen molar-refractivity contribution in [3.05, 3.63) is 89.7 Å². The molecule has 0 radical (unpaired) electrons. The Morgan fingerprint density at radius 2 is 1.32 bits per heavy atom. The summed E-state index contributed by atoms with van der Waals surface area (Å²) in [7, 11) is -1.39. The van der Waals surface area contributed by atoms with Crippen molar-refractivity contribution in [2.75, 3.05) is 0 Å². The van der Waals surface area contributed by atoms with Crippen LogP contribution in [0.25, 0.3) is 0 Å². The van der Waals surface area contributed by atoms with Gasteiger partial charge in [-0.2, -0.15) is 0 Å². The second-order valence-electron chi connectivity index (χ2n) is 7.08. The third-order valence-electron chi connectivity index (χ3n) is 4.64. The fraction of sp³-hybridized carbons (Fsp3) is 0.250. The summed E-state index contributed by atoms with van der Waals surface area (Å²) in [6.45, 7) is 2.11. The molecule has 0 atom stereocenters. The minimum Gasteiger partial charge on any atom is -0.489 e. The summed E-state index contributed by atoms with van der Waals surface area (Å²) >= 11 is 0. The smallest absolute Gasteiger partial charge is 0.489 e. The van der Waals surface area contributed by atoms with Crippen molar-refractivity contribution < 1.29 is 27.1 Å². The van der Waals surface area contributed by atoms with E-state index in [1.807, 2.05) is 0 Å². The maximum atomic E-state index is 14.5. The van der Waals surface area contributed by atoms with Crippen LogP contribution < -0.4 is 14.0 Å². The number of rotatable bonds is 11. The van der Waals surface area contributed by atoms with Crippen LogP contribution in [-0.2, 0) is 6.42 Å². The Kier molecular flexibility index (Phi) is 8.27. The molecule has 31 heavy (non-hydrogen) atoms. The van der Waals surface area contributed by atoms with Crippen LogP contribution in [0.5, 0.6) is 17.2 Å². The molecule has 0 aromatic heterocycles. The number of hydrogen-bond acceptors (Lipinski definition) is 3. The third-order valence-corrected chi connectivity index (χ3v) is 4.64. The molecule has 7 heteroatoms. The zero-order valence-electron chi connectivity index (χ0n) is 17.3. The summed E-state index contributed by atoms with van der Waals surface area (Å²) in [5.74, 6) is -0.808. The molecular formula is C24H24BF3O3. The van der Waals surface area contributed by atoms with Gasteiger partial charge in [0.15, 0.2) is 0 Å². The van der Waals surface area contributed by atoms with Crippen LogP contribution in [0.2, 0.25) is 0 Å². The Morgan fingerprint density at radius 3 is 1.90 bits per heavy atom. The van der Waals surface area contributed by atoms with Gasteiger partial charge in [0.05, 0.1) is 0 Å². The summed E-state index contributed by atoms with van der Waals surface area (Å²) in [5, 5.41) is 0. The van der Waals surface area contributed by atoms with E-state index in [4.69, 9.17) is 14.0 Å². The lowest BCUT2D eigenvalue weighted by atomic mass is 10.0. The van der Waals surface area contributed by atoms with Gasteiger partial charge in [0, 0.05) is 17.7 Å². The lowest BCUT2D eigenvalue weighted by molar-refractivity contribution is 0.303. The molecule has 3 aromatic rings. The molecular weight excluding hydrogens is 404 g/mol. The van der Waals surface area contributed by atoms with Gasteiger partial charge in [0.2, 0.25) is 0 Å². The quantitative estimate of drug-likeness (QED) is 0.250. The number of halogens is 3. The number of unbranched alkanes of at least 4 members (excludes halogenated alkanes) is 3. The molecule has 3 aromatic carbocycles. The van der Waals surface area contributed by atoms with Gasteiger partial charge in [-0.1, -0.05) is 44.4 Å².